The molecular formula is C10H8Cl10. The first-order valence-corrected chi connectivity index (χ1v) is 9.69. The van der Waals surface area contributed by atoms with Crippen LogP contribution in [0.1, 0.15) is 6.42 Å². The van der Waals surface area contributed by atoms with Gasteiger partial charge in [-0.15, -0.1) is 92.8 Å². The Morgan fingerprint density at radius 1 is 0.950 bits per heavy atom. The normalized spacial score (nSPS) is 45.6. The van der Waals surface area contributed by atoms with Crippen LogP contribution in [0.25, 0.3) is 0 Å². The highest BCUT2D eigenvalue weighted by Crippen LogP contribution is 2.83. The third kappa shape index (κ3) is 1.97. The number of hydrogen-bond donors (Lipinski definition) is 0. The summed E-state index contributed by atoms with van der Waals surface area (Å²) in [5.41, 5.74) is -2.46. The van der Waals surface area contributed by atoms with Crippen LogP contribution in [-0.2, 0) is 0 Å². The van der Waals surface area contributed by atoms with Gasteiger partial charge in [-0.05, 0) is 6.42 Å². The van der Waals surface area contributed by atoms with Crippen LogP contribution in [0.3, 0.4) is 0 Å². The predicted molar refractivity (Wildman–Crippen MR) is 93.2 cm³/mol. The summed E-state index contributed by atoms with van der Waals surface area (Å²) >= 11 is 63.2. The third-order valence-electron chi connectivity index (χ3n) is 4.61. The standard InChI is InChI=1S/C10H8Cl10/c11-2-7(5(13)14)3-1-8(17,18)9(7,6(15)16)4(12)10(3,19)20/h3-6H,1-2H2/t3-,4?,7-,9+/m1/s1. The van der Waals surface area contributed by atoms with Crippen LogP contribution >= 0.6 is 116 Å². The molecule has 0 amide bonds. The third-order valence-corrected chi connectivity index (χ3v) is 9.33. The minimum atomic E-state index is -1.40. The molecule has 1 unspecified atom stereocenters. The molecular weight excluding hydrogens is 475 g/mol. The van der Waals surface area contributed by atoms with Crippen molar-refractivity contribution < 1.29 is 0 Å². The maximum atomic E-state index is 6.47. The minimum Gasteiger partial charge on any atom is -0.126 e. The van der Waals surface area contributed by atoms with Gasteiger partial charge in [0.1, 0.15) is 18.3 Å². The summed E-state index contributed by atoms with van der Waals surface area (Å²) < 4.78 is -2.80. The molecule has 2 aliphatic carbocycles. The van der Waals surface area contributed by atoms with Crippen molar-refractivity contribution in [3.63, 3.8) is 0 Å². The van der Waals surface area contributed by atoms with Crippen LogP contribution < -0.4 is 0 Å². The molecule has 118 valence electrons. The first-order chi connectivity index (χ1) is 8.94. The van der Waals surface area contributed by atoms with Gasteiger partial charge in [0.2, 0.25) is 0 Å². The van der Waals surface area contributed by atoms with E-state index in [1.807, 2.05) is 0 Å². The lowest BCUT2D eigenvalue weighted by Gasteiger charge is -2.50. The van der Waals surface area contributed by atoms with E-state index < -0.39 is 40.5 Å². The molecule has 2 aliphatic rings. The first kappa shape index (κ1) is 19.2. The van der Waals surface area contributed by atoms with E-state index in [2.05, 4.69) is 0 Å². The number of fused-ring (bicyclic) bond motifs is 2. The van der Waals surface area contributed by atoms with Crippen LogP contribution in [-0.4, -0.2) is 29.6 Å². The molecule has 10 heteroatoms. The Labute approximate surface area is 167 Å². The van der Waals surface area contributed by atoms with Gasteiger partial charge in [0.05, 0.1) is 10.8 Å². The van der Waals surface area contributed by atoms with E-state index in [1.54, 1.807) is 0 Å². The number of hydrogen-bond acceptors (Lipinski definition) is 0. The fourth-order valence-electron chi connectivity index (χ4n) is 3.69. The van der Waals surface area contributed by atoms with Crippen molar-refractivity contribution in [2.75, 3.05) is 5.88 Å². The molecule has 0 N–H and O–H groups in total. The summed E-state index contributed by atoms with van der Waals surface area (Å²) in [5, 5.41) is -0.967. The molecule has 0 aliphatic heterocycles. The summed E-state index contributed by atoms with van der Waals surface area (Å²) in [4.78, 5) is -2.10. The molecule has 2 saturated carbocycles. The summed E-state index contributed by atoms with van der Waals surface area (Å²) in [7, 11) is 0. The van der Waals surface area contributed by atoms with Crippen molar-refractivity contribution >= 4 is 116 Å². The lowest BCUT2D eigenvalue weighted by Crippen LogP contribution is -2.59. The molecule has 0 heterocycles. The zero-order valence-electron chi connectivity index (χ0n) is 9.50. The predicted octanol–water partition coefficient (Wildman–Crippen LogP) is 6.79. The van der Waals surface area contributed by atoms with E-state index in [0.717, 1.165) is 0 Å². The van der Waals surface area contributed by atoms with Gasteiger partial charge in [-0.3, -0.25) is 0 Å². The number of alkyl halides is 10. The van der Waals surface area contributed by atoms with Crippen molar-refractivity contribution in [3.05, 3.63) is 0 Å². The van der Waals surface area contributed by atoms with E-state index in [0.29, 0.717) is 0 Å². The molecule has 2 rings (SSSR count). The second kappa shape index (κ2) is 5.72. The van der Waals surface area contributed by atoms with Crippen molar-refractivity contribution in [2.24, 2.45) is 16.7 Å². The minimum absolute atomic E-state index is 0.0309. The first-order valence-electron chi connectivity index (χ1n) is 5.46. The topological polar surface area (TPSA) is 0 Å². The molecule has 0 radical (unpaired) electrons. The lowest BCUT2D eigenvalue weighted by atomic mass is 9.69. The SMILES string of the molecule is ClC[C@]1(C(Cl)Cl)[C@H]2CC(Cl)(Cl)[C@]1(C(Cl)Cl)C(Cl)C2(Cl)Cl. The Morgan fingerprint density at radius 3 is 1.75 bits per heavy atom. The van der Waals surface area contributed by atoms with Crippen LogP contribution in [0, 0.1) is 16.7 Å². The number of rotatable bonds is 3. The van der Waals surface area contributed by atoms with Crippen molar-refractivity contribution in [1.29, 1.82) is 0 Å². The van der Waals surface area contributed by atoms with Gasteiger partial charge in [-0.25, -0.2) is 0 Å². The Morgan fingerprint density at radius 2 is 1.45 bits per heavy atom. The Balaban J connectivity index is 2.81. The van der Waals surface area contributed by atoms with Crippen molar-refractivity contribution in [1.82, 2.24) is 0 Å². The van der Waals surface area contributed by atoms with E-state index in [9.17, 15) is 0 Å². The van der Waals surface area contributed by atoms with Crippen LogP contribution in [0.15, 0.2) is 0 Å². The maximum Gasteiger partial charge on any atom is 0.138 e. The average Bonchev–Trinajstić information content (AvgIpc) is 2.61. The van der Waals surface area contributed by atoms with Crippen molar-refractivity contribution in [2.45, 2.75) is 30.1 Å². The lowest BCUT2D eigenvalue weighted by molar-refractivity contribution is 0.137. The highest BCUT2D eigenvalue weighted by molar-refractivity contribution is 6.58. The fraction of sp³-hybridized carbons (Fsp3) is 1.00. The van der Waals surface area contributed by atoms with Crippen LogP contribution in [0.4, 0.5) is 0 Å². The van der Waals surface area contributed by atoms with E-state index in [-0.39, 0.29) is 12.3 Å². The maximum absolute atomic E-state index is 6.47. The van der Waals surface area contributed by atoms with Gasteiger partial charge in [-0.2, -0.15) is 0 Å². The highest BCUT2D eigenvalue weighted by atomic mass is 35.5. The fourth-order valence-corrected chi connectivity index (χ4v) is 9.37. The van der Waals surface area contributed by atoms with Gasteiger partial charge >= 0.3 is 0 Å². The van der Waals surface area contributed by atoms with Gasteiger partial charge in [0, 0.05) is 17.2 Å². The Hall–Kier alpha value is 2.90. The summed E-state index contributed by atoms with van der Waals surface area (Å²) in [6.07, 6.45) is 0.185. The molecule has 0 aromatic rings. The van der Waals surface area contributed by atoms with Gasteiger partial charge in [-0.1, -0.05) is 23.2 Å². The summed E-state index contributed by atoms with van der Waals surface area (Å²) in [5.74, 6) is -0.579. The quantitative estimate of drug-likeness (QED) is 0.388. The number of halogens is 10. The van der Waals surface area contributed by atoms with E-state index in [1.165, 1.54) is 0 Å². The molecule has 0 aromatic heterocycles. The van der Waals surface area contributed by atoms with Crippen LogP contribution in [0.2, 0.25) is 0 Å². The van der Waals surface area contributed by atoms with Gasteiger partial charge in [0.25, 0.3) is 0 Å². The smallest absolute Gasteiger partial charge is 0.126 e. The zero-order valence-corrected chi connectivity index (χ0v) is 17.1. The Kier molecular flexibility index (Phi) is 5.50. The largest absolute Gasteiger partial charge is 0.138 e. The monoisotopic (exact) mass is 478 g/mol. The van der Waals surface area contributed by atoms with Crippen LogP contribution in [0.5, 0.6) is 0 Å². The second-order valence-corrected chi connectivity index (χ2v) is 11.0. The highest BCUT2D eigenvalue weighted by Gasteiger charge is 2.87. The van der Waals surface area contributed by atoms with Crippen molar-refractivity contribution in [3.8, 4) is 0 Å². The van der Waals surface area contributed by atoms with Gasteiger partial charge < -0.3 is 0 Å². The molecule has 0 spiro atoms. The molecule has 0 aromatic carbocycles. The molecule has 2 bridgehead atoms. The molecule has 4 atom stereocenters. The van der Waals surface area contributed by atoms with E-state index in [4.69, 9.17) is 116 Å². The zero-order chi connectivity index (χ0) is 15.7. The second-order valence-electron chi connectivity index (χ2n) is 5.14. The van der Waals surface area contributed by atoms with E-state index >= 15 is 0 Å². The average molecular weight is 483 g/mol. The van der Waals surface area contributed by atoms with Gasteiger partial charge in [0.15, 0.2) is 0 Å². The molecule has 20 heavy (non-hydrogen) atoms. The Bertz CT molecular complexity index is 407. The molecule has 0 saturated heterocycles. The summed E-state index contributed by atoms with van der Waals surface area (Å²) in [6, 6.07) is 0. The summed E-state index contributed by atoms with van der Waals surface area (Å²) in [6.45, 7) is 0. The molecule has 0 nitrogen and oxygen atoms in total. The molecule has 2 fully saturated rings.